The second-order valence-electron chi connectivity index (χ2n) is 6.52. The molecular formula is C22H13ClN2O5S. The summed E-state index contributed by atoms with van der Waals surface area (Å²) in [4.78, 5) is 37.8. The third kappa shape index (κ3) is 4.11. The fourth-order valence-electron chi connectivity index (χ4n) is 3.01. The van der Waals surface area contributed by atoms with Gasteiger partial charge in [0.25, 0.3) is 11.8 Å². The number of carbonyl (C=O) groups is 3. The first-order valence-electron chi connectivity index (χ1n) is 8.94. The maximum Gasteiger partial charge on any atom is 0.335 e. The third-order valence-electron chi connectivity index (χ3n) is 4.50. The quantitative estimate of drug-likeness (QED) is 0.351. The van der Waals surface area contributed by atoms with Crippen molar-refractivity contribution in [2.45, 2.75) is 0 Å². The van der Waals surface area contributed by atoms with E-state index in [4.69, 9.17) is 28.2 Å². The van der Waals surface area contributed by atoms with E-state index in [1.54, 1.807) is 36.4 Å². The minimum Gasteiger partial charge on any atom is -0.478 e. The van der Waals surface area contributed by atoms with Crippen LogP contribution >= 0.6 is 23.8 Å². The molecule has 0 radical (unpaired) electrons. The first kappa shape index (κ1) is 20.5. The number of nitrogens with zero attached hydrogens (tertiary/aromatic N) is 1. The van der Waals surface area contributed by atoms with Crippen LogP contribution in [0.15, 0.2) is 70.7 Å². The monoisotopic (exact) mass is 452 g/mol. The molecule has 0 spiro atoms. The van der Waals surface area contributed by atoms with Gasteiger partial charge in [0.05, 0.1) is 11.3 Å². The number of carboxylic acid groups (broad SMARTS) is 1. The Hall–Kier alpha value is -3.75. The van der Waals surface area contributed by atoms with Crippen LogP contribution in [0.4, 0.5) is 5.69 Å². The van der Waals surface area contributed by atoms with Gasteiger partial charge in [-0.2, -0.15) is 0 Å². The van der Waals surface area contributed by atoms with Crippen LogP contribution in [0.2, 0.25) is 5.02 Å². The lowest BCUT2D eigenvalue weighted by molar-refractivity contribution is -0.122. The molecule has 3 aromatic rings. The first-order chi connectivity index (χ1) is 14.8. The summed E-state index contributed by atoms with van der Waals surface area (Å²) in [6.07, 6.45) is 1.31. The van der Waals surface area contributed by atoms with Crippen molar-refractivity contribution >= 4 is 58.5 Å². The number of anilines is 1. The number of benzene rings is 2. The van der Waals surface area contributed by atoms with Crippen LogP contribution in [0.3, 0.4) is 0 Å². The third-order valence-corrected chi connectivity index (χ3v) is 5.03. The lowest BCUT2D eigenvalue weighted by Gasteiger charge is -2.28. The Morgan fingerprint density at radius 2 is 1.84 bits per heavy atom. The average Bonchev–Trinajstić information content (AvgIpc) is 3.20. The normalized spacial score (nSPS) is 15.3. The van der Waals surface area contributed by atoms with Gasteiger partial charge in [0, 0.05) is 10.6 Å². The van der Waals surface area contributed by atoms with Gasteiger partial charge in [0.15, 0.2) is 5.11 Å². The molecule has 31 heavy (non-hydrogen) atoms. The number of furan rings is 1. The van der Waals surface area contributed by atoms with E-state index in [2.05, 4.69) is 5.32 Å². The van der Waals surface area contributed by atoms with E-state index >= 15 is 0 Å². The van der Waals surface area contributed by atoms with Crippen molar-refractivity contribution in [2.75, 3.05) is 4.90 Å². The number of nitrogens with one attached hydrogen (secondary N) is 1. The Morgan fingerprint density at radius 1 is 1.10 bits per heavy atom. The molecule has 7 nitrogen and oxygen atoms in total. The summed E-state index contributed by atoms with van der Waals surface area (Å²) < 4.78 is 5.75. The Kier molecular flexibility index (Phi) is 5.41. The number of amides is 2. The minimum atomic E-state index is -1.15. The first-order valence-corrected chi connectivity index (χ1v) is 9.73. The number of aromatic carboxylic acids is 1. The smallest absolute Gasteiger partial charge is 0.335 e. The highest BCUT2D eigenvalue weighted by molar-refractivity contribution is 7.80. The molecule has 9 heteroatoms. The van der Waals surface area contributed by atoms with Crippen LogP contribution in [0.5, 0.6) is 0 Å². The number of halogens is 1. The molecule has 0 aliphatic carbocycles. The number of thiocarbonyl (C=S) groups is 1. The summed E-state index contributed by atoms with van der Waals surface area (Å²) in [5.74, 6) is -1.70. The summed E-state index contributed by atoms with van der Waals surface area (Å²) in [7, 11) is 0. The highest BCUT2D eigenvalue weighted by Crippen LogP contribution is 2.27. The van der Waals surface area contributed by atoms with Crippen LogP contribution in [-0.4, -0.2) is 28.0 Å². The van der Waals surface area contributed by atoms with Gasteiger partial charge in [-0.3, -0.25) is 19.8 Å². The molecule has 0 unspecified atom stereocenters. The van der Waals surface area contributed by atoms with Gasteiger partial charge in [-0.05, 0) is 72.9 Å². The van der Waals surface area contributed by atoms with E-state index in [0.717, 1.165) is 10.5 Å². The Morgan fingerprint density at radius 3 is 2.55 bits per heavy atom. The van der Waals surface area contributed by atoms with Gasteiger partial charge >= 0.3 is 5.97 Å². The van der Waals surface area contributed by atoms with Crippen molar-refractivity contribution in [1.29, 1.82) is 0 Å². The number of carboxylic acids is 1. The summed E-state index contributed by atoms with van der Waals surface area (Å²) >= 11 is 11.0. The van der Waals surface area contributed by atoms with Crippen molar-refractivity contribution in [1.82, 2.24) is 5.32 Å². The summed E-state index contributed by atoms with van der Waals surface area (Å²) in [6.45, 7) is 0. The molecular weight excluding hydrogens is 440 g/mol. The number of hydrogen-bond acceptors (Lipinski definition) is 5. The molecule has 2 aromatic carbocycles. The van der Waals surface area contributed by atoms with E-state index in [-0.39, 0.29) is 27.7 Å². The fourth-order valence-corrected chi connectivity index (χ4v) is 3.42. The van der Waals surface area contributed by atoms with Crippen molar-refractivity contribution in [3.05, 3.63) is 82.6 Å². The molecule has 0 saturated carbocycles. The fraction of sp³-hybridized carbons (Fsp3) is 0. The maximum atomic E-state index is 13.1. The zero-order chi connectivity index (χ0) is 22.1. The Labute approximate surface area is 186 Å². The van der Waals surface area contributed by atoms with Crippen molar-refractivity contribution in [3.8, 4) is 11.3 Å². The largest absolute Gasteiger partial charge is 0.478 e. The lowest BCUT2D eigenvalue weighted by atomic mass is 10.1. The molecule has 0 bridgehead atoms. The summed E-state index contributed by atoms with van der Waals surface area (Å²) in [5.41, 5.74) is 0.782. The second-order valence-corrected chi connectivity index (χ2v) is 7.35. The molecule has 2 heterocycles. The lowest BCUT2D eigenvalue weighted by Crippen LogP contribution is -2.54. The highest BCUT2D eigenvalue weighted by Gasteiger charge is 2.35. The molecule has 154 valence electrons. The molecule has 2 N–H and O–H groups in total. The van der Waals surface area contributed by atoms with E-state index < -0.39 is 17.8 Å². The molecule has 1 aliphatic heterocycles. The summed E-state index contributed by atoms with van der Waals surface area (Å²) in [5, 5.41) is 12.1. The molecule has 2 amide bonds. The predicted molar refractivity (Wildman–Crippen MR) is 119 cm³/mol. The number of rotatable bonds is 4. The SMILES string of the molecule is O=C1NC(=S)N(c2cccc(C(=O)O)c2)C(=O)C1=Cc1ccc(-c2ccc(Cl)cc2)o1. The topological polar surface area (TPSA) is 99.9 Å². The van der Waals surface area contributed by atoms with E-state index in [0.29, 0.717) is 10.8 Å². The molecule has 4 rings (SSSR count). The van der Waals surface area contributed by atoms with Crippen LogP contribution in [-0.2, 0) is 9.59 Å². The maximum absolute atomic E-state index is 13.1. The number of carbonyl (C=O) groups excluding carboxylic acids is 2. The Balaban J connectivity index is 1.67. The van der Waals surface area contributed by atoms with Crippen LogP contribution < -0.4 is 10.2 Å². The van der Waals surface area contributed by atoms with Gasteiger partial charge in [-0.15, -0.1) is 0 Å². The molecule has 1 aliphatic rings. The Bertz CT molecular complexity index is 1260. The van der Waals surface area contributed by atoms with Gasteiger partial charge in [0.2, 0.25) is 0 Å². The van der Waals surface area contributed by atoms with Crippen molar-refractivity contribution in [3.63, 3.8) is 0 Å². The number of hydrogen-bond donors (Lipinski definition) is 2. The standard InChI is InChI=1S/C22H13ClN2O5S/c23-14-6-4-12(5-7-14)18-9-8-16(30-18)11-17-19(26)24-22(31)25(20(17)27)15-3-1-2-13(10-15)21(28)29/h1-11H,(H,28,29)(H,24,26,31). The molecule has 1 aromatic heterocycles. The van der Waals surface area contributed by atoms with Crippen molar-refractivity contribution < 1.29 is 23.9 Å². The van der Waals surface area contributed by atoms with Gasteiger partial charge in [0.1, 0.15) is 17.1 Å². The van der Waals surface area contributed by atoms with Crippen LogP contribution in [0, 0.1) is 0 Å². The average molecular weight is 453 g/mol. The minimum absolute atomic E-state index is 0.0193. The molecule has 0 atom stereocenters. The molecule has 1 fully saturated rings. The van der Waals surface area contributed by atoms with Gasteiger partial charge in [-0.25, -0.2) is 4.79 Å². The second kappa shape index (κ2) is 8.17. The van der Waals surface area contributed by atoms with E-state index in [9.17, 15) is 19.5 Å². The van der Waals surface area contributed by atoms with Crippen molar-refractivity contribution in [2.24, 2.45) is 0 Å². The van der Waals surface area contributed by atoms with Crippen LogP contribution in [0.25, 0.3) is 17.4 Å². The molecule has 1 saturated heterocycles. The van der Waals surface area contributed by atoms with Crippen LogP contribution in [0.1, 0.15) is 16.1 Å². The van der Waals surface area contributed by atoms with E-state index in [1.165, 1.54) is 30.3 Å². The highest BCUT2D eigenvalue weighted by atomic mass is 35.5. The zero-order valence-corrected chi connectivity index (χ0v) is 17.2. The summed E-state index contributed by atoms with van der Waals surface area (Å²) in [6, 6.07) is 16.0. The zero-order valence-electron chi connectivity index (χ0n) is 15.7. The van der Waals surface area contributed by atoms with E-state index in [1.807, 2.05) is 0 Å². The predicted octanol–water partition coefficient (Wildman–Crippen LogP) is 4.13. The van der Waals surface area contributed by atoms with Gasteiger partial charge in [-0.1, -0.05) is 17.7 Å². The van der Waals surface area contributed by atoms with Gasteiger partial charge < -0.3 is 9.52 Å².